The SMILES string of the molecule is CC1(C)C[C@H](Cc2ccccc2)N(O)C1. The van der Waals surface area contributed by atoms with Crippen LogP contribution < -0.4 is 0 Å². The van der Waals surface area contributed by atoms with Crippen LogP contribution in [0.25, 0.3) is 0 Å². The third-order valence-corrected chi connectivity index (χ3v) is 3.11. The van der Waals surface area contributed by atoms with E-state index in [0.717, 1.165) is 19.4 Å². The van der Waals surface area contributed by atoms with Gasteiger partial charge in [0.15, 0.2) is 0 Å². The van der Waals surface area contributed by atoms with Crippen molar-refractivity contribution in [3.05, 3.63) is 35.9 Å². The molecule has 1 saturated heterocycles. The zero-order valence-electron chi connectivity index (χ0n) is 9.48. The highest BCUT2D eigenvalue weighted by atomic mass is 16.5. The first-order valence-corrected chi connectivity index (χ1v) is 5.56. The summed E-state index contributed by atoms with van der Waals surface area (Å²) in [6.45, 7) is 5.20. The van der Waals surface area contributed by atoms with Crippen molar-refractivity contribution in [3.63, 3.8) is 0 Å². The molecule has 0 unspecified atom stereocenters. The lowest BCUT2D eigenvalue weighted by atomic mass is 9.89. The maximum absolute atomic E-state index is 9.82. The van der Waals surface area contributed by atoms with Gasteiger partial charge in [0.05, 0.1) is 0 Å². The molecule has 1 atom stereocenters. The van der Waals surface area contributed by atoms with Gasteiger partial charge in [0, 0.05) is 12.6 Å². The van der Waals surface area contributed by atoms with Crippen LogP contribution in [0.15, 0.2) is 30.3 Å². The normalized spacial score (nSPS) is 25.7. The fourth-order valence-corrected chi connectivity index (χ4v) is 2.44. The number of hydroxylamine groups is 2. The van der Waals surface area contributed by atoms with Crippen molar-refractivity contribution in [3.8, 4) is 0 Å². The molecule has 15 heavy (non-hydrogen) atoms. The lowest BCUT2D eigenvalue weighted by Gasteiger charge is -2.16. The second kappa shape index (κ2) is 3.95. The summed E-state index contributed by atoms with van der Waals surface area (Å²) in [5.41, 5.74) is 1.55. The van der Waals surface area contributed by atoms with E-state index in [1.807, 2.05) is 6.07 Å². The molecule has 1 aromatic carbocycles. The Hall–Kier alpha value is -0.860. The molecule has 2 rings (SSSR count). The Labute approximate surface area is 91.5 Å². The van der Waals surface area contributed by atoms with Crippen molar-refractivity contribution < 1.29 is 5.21 Å². The number of hydrogen-bond acceptors (Lipinski definition) is 2. The summed E-state index contributed by atoms with van der Waals surface area (Å²) in [6.07, 6.45) is 2.01. The molecular formula is C13H19NO. The van der Waals surface area contributed by atoms with Crippen LogP contribution in [0.1, 0.15) is 25.8 Å². The summed E-state index contributed by atoms with van der Waals surface area (Å²) in [4.78, 5) is 0. The average molecular weight is 205 g/mol. The smallest absolute Gasteiger partial charge is 0.0396 e. The van der Waals surface area contributed by atoms with Crippen LogP contribution in [-0.4, -0.2) is 22.9 Å². The Morgan fingerprint density at radius 3 is 2.53 bits per heavy atom. The highest BCUT2D eigenvalue weighted by Gasteiger charge is 2.36. The summed E-state index contributed by atoms with van der Waals surface area (Å²) >= 11 is 0. The minimum Gasteiger partial charge on any atom is -0.314 e. The lowest BCUT2D eigenvalue weighted by molar-refractivity contribution is -0.106. The highest BCUT2D eigenvalue weighted by molar-refractivity contribution is 5.16. The minimum absolute atomic E-state index is 0.244. The Morgan fingerprint density at radius 1 is 1.33 bits per heavy atom. The maximum Gasteiger partial charge on any atom is 0.0396 e. The van der Waals surface area contributed by atoms with Crippen molar-refractivity contribution >= 4 is 0 Å². The standard InChI is InChI=1S/C13H19NO/c1-13(2)9-12(14(15)10-13)8-11-6-4-3-5-7-11/h3-7,12,15H,8-10H2,1-2H3/t12-/m0/s1. The molecule has 1 heterocycles. The number of rotatable bonds is 2. The summed E-state index contributed by atoms with van der Waals surface area (Å²) in [7, 11) is 0. The van der Waals surface area contributed by atoms with E-state index < -0.39 is 0 Å². The average Bonchev–Trinajstić information content (AvgIpc) is 2.41. The van der Waals surface area contributed by atoms with Crippen molar-refractivity contribution in [2.24, 2.45) is 5.41 Å². The van der Waals surface area contributed by atoms with Crippen LogP contribution in [0.3, 0.4) is 0 Å². The fourth-order valence-electron chi connectivity index (χ4n) is 2.44. The topological polar surface area (TPSA) is 23.5 Å². The summed E-state index contributed by atoms with van der Waals surface area (Å²) in [5, 5.41) is 11.3. The zero-order valence-corrected chi connectivity index (χ0v) is 9.48. The van der Waals surface area contributed by atoms with Crippen LogP contribution >= 0.6 is 0 Å². The van der Waals surface area contributed by atoms with Crippen LogP contribution in [0.5, 0.6) is 0 Å². The van der Waals surface area contributed by atoms with E-state index in [-0.39, 0.29) is 11.5 Å². The fraction of sp³-hybridized carbons (Fsp3) is 0.538. The zero-order chi connectivity index (χ0) is 10.9. The van der Waals surface area contributed by atoms with Crippen LogP contribution in [-0.2, 0) is 6.42 Å². The first kappa shape index (κ1) is 10.7. The van der Waals surface area contributed by atoms with E-state index in [2.05, 4.69) is 38.1 Å². The molecule has 1 aliphatic rings. The van der Waals surface area contributed by atoms with Gasteiger partial charge in [0.2, 0.25) is 0 Å². The maximum atomic E-state index is 9.82. The Balaban J connectivity index is 2.02. The van der Waals surface area contributed by atoms with E-state index in [4.69, 9.17) is 0 Å². The summed E-state index contributed by atoms with van der Waals surface area (Å²) in [5.74, 6) is 0. The van der Waals surface area contributed by atoms with Gasteiger partial charge < -0.3 is 5.21 Å². The molecule has 0 aromatic heterocycles. The van der Waals surface area contributed by atoms with Crippen molar-refractivity contribution in [1.29, 1.82) is 0 Å². The highest BCUT2D eigenvalue weighted by Crippen LogP contribution is 2.33. The second-order valence-corrected chi connectivity index (χ2v) is 5.31. The van der Waals surface area contributed by atoms with Gasteiger partial charge >= 0.3 is 0 Å². The molecule has 1 N–H and O–H groups in total. The molecular weight excluding hydrogens is 186 g/mol. The predicted octanol–water partition coefficient (Wildman–Crippen LogP) is 2.72. The first-order valence-electron chi connectivity index (χ1n) is 5.56. The molecule has 82 valence electrons. The minimum atomic E-state index is 0.244. The number of nitrogens with zero attached hydrogens (tertiary/aromatic N) is 1. The molecule has 0 saturated carbocycles. The number of benzene rings is 1. The first-order chi connectivity index (χ1) is 7.07. The Bertz CT molecular complexity index is 321. The molecule has 1 aromatic rings. The number of hydrogen-bond donors (Lipinski definition) is 1. The van der Waals surface area contributed by atoms with Gasteiger partial charge in [-0.2, -0.15) is 5.06 Å². The lowest BCUT2D eigenvalue weighted by Crippen LogP contribution is -2.27. The van der Waals surface area contributed by atoms with Gasteiger partial charge in [-0.15, -0.1) is 0 Å². The van der Waals surface area contributed by atoms with E-state index >= 15 is 0 Å². The van der Waals surface area contributed by atoms with Crippen molar-refractivity contribution in [2.75, 3.05) is 6.54 Å². The van der Waals surface area contributed by atoms with Gasteiger partial charge in [-0.1, -0.05) is 44.2 Å². The van der Waals surface area contributed by atoms with Gasteiger partial charge in [-0.3, -0.25) is 0 Å². The summed E-state index contributed by atoms with van der Waals surface area (Å²) in [6, 6.07) is 10.7. The Kier molecular flexibility index (Phi) is 2.81. The molecule has 1 fully saturated rings. The van der Waals surface area contributed by atoms with E-state index in [9.17, 15) is 5.21 Å². The molecule has 1 aliphatic heterocycles. The van der Waals surface area contributed by atoms with Crippen molar-refractivity contribution in [1.82, 2.24) is 5.06 Å². The molecule has 0 radical (unpaired) electrons. The van der Waals surface area contributed by atoms with E-state index in [1.54, 1.807) is 0 Å². The van der Waals surface area contributed by atoms with Crippen LogP contribution in [0.2, 0.25) is 0 Å². The van der Waals surface area contributed by atoms with Crippen LogP contribution in [0.4, 0.5) is 0 Å². The second-order valence-electron chi connectivity index (χ2n) is 5.31. The summed E-state index contributed by atoms with van der Waals surface area (Å²) < 4.78 is 0. The Morgan fingerprint density at radius 2 is 2.00 bits per heavy atom. The van der Waals surface area contributed by atoms with Gasteiger partial charge in [-0.05, 0) is 23.8 Å². The largest absolute Gasteiger partial charge is 0.314 e. The molecule has 0 spiro atoms. The van der Waals surface area contributed by atoms with E-state index in [0.29, 0.717) is 0 Å². The van der Waals surface area contributed by atoms with Crippen molar-refractivity contribution in [2.45, 2.75) is 32.7 Å². The molecule has 2 heteroatoms. The quantitative estimate of drug-likeness (QED) is 0.802. The van der Waals surface area contributed by atoms with E-state index in [1.165, 1.54) is 10.6 Å². The van der Waals surface area contributed by atoms with Crippen LogP contribution in [0, 0.1) is 5.41 Å². The molecule has 2 nitrogen and oxygen atoms in total. The monoisotopic (exact) mass is 205 g/mol. The molecule has 0 amide bonds. The van der Waals surface area contributed by atoms with Gasteiger partial charge in [-0.25, -0.2) is 0 Å². The third kappa shape index (κ3) is 2.58. The third-order valence-electron chi connectivity index (χ3n) is 3.11. The van der Waals surface area contributed by atoms with Gasteiger partial charge in [0.1, 0.15) is 0 Å². The predicted molar refractivity (Wildman–Crippen MR) is 60.8 cm³/mol. The van der Waals surface area contributed by atoms with Gasteiger partial charge in [0.25, 0.3) is 0 Å². The molecule has 0 bridgehead atoms. The molecule has 0 aliphatic carbocycles.